The molecular weight excluding hydrogens is 715 g/mol. The van der Waals surface area contributed by atoms with Gasteiger partial charge in [-0.05, 0) is 65.7 Å². The third kappa shape index (κ3) is 5.04. The molecule has 0 aliphatic rings. The van der Waals surface area contributed by atoms with Crippen molar-refractivity contribution in [2.24, 2.45) is 0 Å². The highest BCUT2D eigenvalue weighted by Gasteiger charge is 2.19. The van der Waals surface area contributed by atoms with Gasteiger partial charge in [-0.15, -0.1) is 11.3 Å². The summed E-state index contributed by atoms with van der Waals surface area (Å²) in [4.78, 5) is 15.1. The minimum Gasteiger partial charge on any atom is -0.309 e. The normalized spacial score (nSPS) is 11.9. The monoisotopic (exact) mass is 745 g/mol. The van der Waals surface area contributed by atoms with Crippen molar-refractivity contribution in [2.75, 3.05) is 0 Å². The second-order valence-electron chi connectivity index (χ2n) is 14.5. The molecule has 0 N–H and O–H groups in total. The lowest BCUT2D eigenvalue weighted by atomic mass is 10.0. The molecule has 5 aromatic heterocycles. The van der Waals surface area contributed by atoms with Gasteiger partial charge >= 0.3 is 0 Å². The van der Waals surface area contributed by atoms with Gasteiger partial charge in [-0.1, -0.05) is 121 Å². The molecule has 7 aromatic carbocycles. The molecule has 0 unspecified atom stereocenters. The summed E-state index contributed by atoms with van der Waals surface area (Å²) < 4.78 is 7.16. The van der Waals surface area contributed by atoms with E-state index >= 15 is 0 Å². The Labute approximate surface area is 331 Å². The lowest BCUT2D eigenvalue weighted by Crippen LogP contribution is -2.02. The maximum Gasteiger partial charge on any atom is 0.162 e. The van der Waals surface area contributed by atoms with Gasteiger partial charge in [-0.3, -0.25) is 9.55 Å². The smallest absolute Gasteiger partial charge is 0.162 e. The van der Waals surface area contributed by atoms with Crippen molar-refractivity contribution in [1.29, 1.82) is 0 Å². The number of hydrogen-bond acceptors (Lipinski definition) is 4. The standard InChI is InChI=1S/C51H31N5S/c1-3-12-32(13-4-1)42-31-49(54-51(53-42)33-14-5-2-6-15-33)56-44-19-10-8-17-38(44)40-25-22-35(29-46(40)56)34-21-24-39-37-16-7-9-18-43(37)55(45(39)28-34)36-23-26-47-41(30-36)50-48(57-47)20-11-27-52-50/h1-31H. The van der Waals surface area contributed by atoms with Crippen LogP contribution in [0.5, 0.6) is 0 Å². The fraction of sp³-hybridized carbons (Fsp3) is 0. The summed E-state index contributed by atoms with van der Waals surface area (Å²) in [7, 11) is 0. The zero-order chi connectivity index (χ0) is 37.5. The first-order valence-electron chi connectivity index (χ1n) is 19.1. The highest BCUT2D eigenvalue weighted by atomic mass is 32.1. The molecule has 0 fully saturated rings. The van der Waals surface area contributed by atoms with E-state index in [9.17, 15) is 0 Å². The first kappa shape index (κ1) is 31.9. The molecule has 6 heteroatoms. The molecule has 12 aromatic rings. The van der Waals surface area contributed by atoms with Crippen molar-refractivity contribution < 1.29 is 0 Å². The van der Waals surface area contributed by atoms with E-state index in [1.807, 2.05) is 36.5 Å². The fourth-order valence-electron chi connectivity index (χ4n) is 8.57. The van der Waals surface area contributed by atoms with Crippen LogP contribution < -0.4 is 0 Å². The van der Waals surface area contributed by atoms with Crippen LogP contribution in [-0.4, -0.2) is 24.1 Å². The van der Waals surface area contributed by atoms with Gasteiger partial charge in [0.25, 0.3) is 0 Å². The largest absolute Gasteiger partial charge is 0.309 e. The van der Waals surface area contributed by atoms with Crippen molar-refractivity contribution >= 4 is 75.3 Å². The van der Waals surface area contributed by atoms with Crippen molar-refractivity contribution in [1.82, 2.24) is 24.1 Å². The number of pyridine rings is 1. The predicted molar refractivity (Wildman–Crippen MR) is 238 cm³/mol. The summed E-state index contributed by atoms with van der Waals surface area (Å²) in [6, 6.07) is 64.8. The Balaban J connectivity index is 1.08. The van der Waals surface area contributed by atoms with Gasteiger partial charge in [0.2, 0.25) is 0 Å². The summed E-state index contributed by atoms with van der Waals surface area (Å²) in [6.07, 6.45) is 1.89. The zero-order valence-electron chi connectivity index (χ0n) is 30.5. The third-order valence-electron chi connectivity index (χ3n) is 11.2. The molecule has 0 saturated carbocycles. The molecule has 0 aliphatic heterocycles. The van der Waals surface area contributed by atoms with E-state index in [1.165, 1.54) is 41.8 Å². The number of thiophene rings is 1. The molecule has 0 amide bonds. The lowest BCUT2D eigenvalue weighted by Gasteiger charge is -2.13. The van der Waals surface area contributed by atoms with Crippen molar-refractivity contribution in [3.8, 4) is 45.3 Å². The molecule has 0 bridgehead atoms. The average Bonchev–Trinajstić information content (AvgIpc) is 3.93. The van der Waals surface area contributed by atoms with Gasteiger partial charge in [0.15, 0.2) is 5.82 Å². The Kier molecular flexibility index (Phi) is 7.03. The number of nitrogens with zero attached hydrogens (tertiary/aromatic N) is 5. The summed E-state index contributed by atoms with van der Waals surface area (Å²) >= 11 is 1.79. The molecule has 57 heavy (non-hydrogen) atoms. The first-order chi connectivity index (χ1) is 28.2. The molecular formula is C51H31N5S. The summed E-state index contributed by atoms with van der Waals surface area (Å²) in [5, 5.41) is 6.00. The van der Waals surface area contributed by atoms with E-state index in [2.05, 4.69) is 161 Å². The number of fused-ring (bicyclic) bond motifs is 9. The maximum atomic E-state index is 5.27. The molecule has 0 atom stereocenters. The van der Waals surface area contributed by atoms with Crippen molar-refractivity contribution in [3.05, 3.63) is 188 Å². The molecule has 266 valence electrons. The van der Waals surface area contributed by atoms with Crippen LogP contribution in [0.1, 0.15) is 0 Å². The third-order valence-corrected chi connectivity index (χ3v) is 12.3. The molecule has 0 aliphatic carbocycles. The first-order valence-corrected chi connectivity index (χ1v) is 19.9. The Morgan fingerprint density at radius 1 is 0.386 bits per heavy atom. The number of hydrogen-bond donors (Lipinski definition) is 0. The van der Waals surface area contributed by atoms with Crippen LogP contribution in [-0.2, 0) is 0 Å². The molecule has 5 nitrogen and oxygen atoms in total. The van der Waals surface area contributed by atoms with Crippen LogP contribution in [0.2, 0.25) is 0 Å². The predicted octanol–water partition coefficient (Wildman–Crippen LogP) is 13.4. The van der Waals surface area contributed by atoms with Crippen molar-refractivity contribution in [2.45, 2.75) is 0 Å². The van der Waals surface area contributed by atoms with Crippen LogP contribution in [0.3, 0.4) is 0 Å². The molecule has 5 heterocycles. The Morgan fingerprint density at radius 2 is 1.00 bits per heavy atom. The van der Waals surface area contributed by atoms with Gasteiger partial charge in [0.1, 0.15) is 5.82 Å². The van der Waals surface area contributed by atoms with Gasteiger partial charge in [-0.25, -0.2) is 9.97 Å². The average molecular weight is 746 g/mol. The van der Waals surface area contributed by atoms with Crippen LogP contribution in [0.4, 0.5) is 0 Å². The van der Waals surface area contributed by atoms with E-state index in [-0.39, 0.29) is 0 Å². The number of para-hydroxylation sites is 2. The van der Waals surface area contributed by atoms with E-state index in [1.54, 1.807) is 11.3 Å². The number of aromatic nitrogens is 5. The van der Waals surface area contributed by atoms with Gasteiger partial charge in [-0.2, -0.15) is 0 Å². The quantitative estimate of drug-likeness (QED) is 0.176. The van der Waals surface area contributed by atoms with Gasteiger partial charge in [0, 0.05) is 60.7 Å². The number of rotatable bonds is 5. The summed E-state index contributed by atoms with van der Waals surface area (Å²) in [5.74, 6) is 1.52. The van der Waals surface area contributed by atoms with E-state index in [0.29, 0.717) is 5.82 Å². The highest BCUT2D eigenvalue weighted by molar-refractivity contribution is 7.25. The second kappa shape index (κ2) is 12.6. The Morgan fingerprint density at radius 3 is 1.72 bits per heavy atom. The topological polar surface area (TPSA) is 48.5 Å². The minimum absolute atomic E-state index is 0.691. The molecule has 0 spiro atoms. The Hall–Kier alpha value is -7.41. The second-order valence-corrected chi connectivity index (χ2v) is 15.6. The van der Waals surface area contributed by atoms with Gasteiger partial charge in [0.05, 0.1) is 38.0 Å². The zero-order valence-corrected chi connectivity index (χ0v) is 31.4. The summed E-state index contributed by atoms with van der Waals surface area (Å²) in [5.41, 5.74) is 11.9. The van der Waals surface area contributed by atoms with Crippen LogP contribution >= 0.6 is 11.3 Å². The SMILES string of the molecule is c1ccc(-c2cc(-n3c4ccccc4c4ccc(-c5ccc6c7ccccc7n(-c7ccc8sc9cccnc9c8c7)c6c5)cc43)nc(-c3ccccc3)n2)cc1. The molecule has 0 radical (unpaired) electrons. The number of benzene rings is 7. The molecule has 12 rings (SSSR count). The van der Waals surface area contributed by atoms with E-state index in [0.717, 1.165) is 61.5 Å². The van der Waals surface area contributed by atoms with E-state index in [4.69, 9.17) is 15.0 Å². The highest BCUT2D eigenvalue weighted by Crippen LogP contribution is 2.40. The van der Waals surface area contributed by atoms with Crippen molar-refractivity contribution in [3.63, 3.8) is 0 Å². The molecule has 0 saturated heterocycles. The minimum atomic E-state index is 0.691. The lowest BCUT2D eigenvalue weighted by molar-refractivity contribution is 1.05. The Bertz CT molecular complexity index is 3470. The van der Waals surface area contributed by atoms with Crippen LogP contribution in [0.15, 0.2) is 188 Å². The van der Waals surface area contributed by atoms with E-state index < -0.39 is 0 Å². The van der Waals surface area contributed by atoms with Crippen LogP contribution in [0.25, 0.3) is 109 Å². The fourth-order valence-corrected chi connectivity index (χ4v) is 9.62. The van der Waals surface area contributed by atoms with Gasteiger partial charge < -0.3 is 4.57 Å². The van der Waals surface area contributed by atoms with Crippen LogP contribution in [0, 0.1) is 0 Å². The summed E-state index contributed by atoms with van der Waals surface area (Å²) in [6.45, 7) is 0. The maximum absolute atomic E-state index is 5.27.